The number of benzene rings is 1. The molecule has 0 radical (unpaired) electrons. The number of halogens is 1. The number of nitrogens with two attached hydrogens (primary N) is 1. The van der Waals surface area contributed by atoms with Gasteiger partial charge in [-0.05, 0) is 31.5 Å². The fourth-order valence-corrected chi connectivity index (χ4v) is 1.62. The van der Waals surface area contributed by atoms with Gasteiger partial charge in [0.05, 0.1) is 7.11 Å². The molecule has 1 rings (SSSR count). The van der Waals surface area contributed by atoms with Crippen molar-refractivity contribution in [3.05, 3.63) is 29.8 Å². The minimum absolute atomic E-state index is 0. The van der Waals surface area contributed by atoms with Crippen LogP contribution in [0.1, 0.15) is 19.4 Å². The normalized spacial score (nSPS) is 11.6. The highest BCUT2D eigenvalue weighted by molar-refractivity contribution is 5.85. The van der Waals surface area contributed by atoms with Crippen LogP contribution in [0, 0.1) is 0 Å². The molecule has 5 nitrogen and oxygen atoms in total. The number of carbonyl (C=O) groups excluding carboxylic acids is 1. The van der Waals surface area contributed by atoms with Crippen molar-refractivity contribution in [2.75, 3.05) is 20.3 Å². The molecular weight excluding hydrogens is 292 g/mol. The molecule has 1 atom stereocenters. The molecule has 3 N–H and O–H groups in total. The number of methoxy groups -OCH3 is 1. The van der Waals surface area contributed by atoms with E-state index in [0.29, 0.717) is 18.0 Å². The van der Waals surface area contributed by atoms with Crippen LogP contribution in [-0.2, 0) is 4.79 Å². The van der Waals surface area contributed by atoms with E-state index in [4.69, 9.17) is 15.2 Å². The number of nitrogens with one attached hydrogen (secondary N) is 1. The van der Waals surface area contributed by atoms with E-state index in [2.05, 4.69) is 5.32 Å². The topological polar surface area (TPSA) is 73.6 Å². The Morgan fingerprint density at radius 3 is 2.71 bits per heavy atom. The monoisotopic (exact) mass is 314 g/mol. The van der Waals surface area contributed by atoms with Crippen LogP contribution >= 0.6 is 12.4 Å². The Balaban J connectivity index is 0.00000400. The summed E-state index contributed by atoms with van der Waals surface area (Å²) < 4.78 is 10.7. The molecule has 6 heteroatoms. The zero-order chi connectivity index (χ0) is 15.0. The lowest BCUT2D eigenvalue weighted by atomic mass is 10.2. The van der Waals surface area contributed by atoms with Gasteiger partial charge in [-0.2, -0.15) is 0 Å². The number of rotatable bonds is 7. The summed E-state index contributed by atoms with van der Waals surface area (Å²) in [7, 11) is 1.57. The van der Waals surface area contributed by atoms with Gasteiger partial charge in [0.1, 0.15) is 0 Å². The SMILES string of the molecule is C/C=C/c1ccc(OCC(=O)N[C@@H](C)CN)c(OC)c1.Cl. The van der Waals surface area contributed by atoms with Crippen molar-refractivity contribution < 1.29 is 14.3 Å². The lowest BCUT2D eigenvalue weighted by Gasteiger charge is -2.13. The van der Waals surface area contributed by atoms with E-state index in [1.165, 1.54) is 0 Å². The highest BCUT2D eigenvalue weighted by Gasteiger charge is 2.09. The Kier molecular flexibility index (Phi) is 9.25. The summed E-state index contributed by atoms with van der Waals surface area (Å²) in [6.45, 7) is 4.11. The molecule has 0 bridgehead atoms. The molecule has 21 heavy (non-hydrogen) atoms. The average molecular weight is 315 g/mol. The maximum atomic E-state index is 11.6. The molecule has 0 aliphatic heterocycles. The van der Waals surface area contributed by atoms with Gasteiger partial charge in [0, 0.05) is 12.6 Å². The van der Waals surface area contributed by atoms with E-state index in [-0.39, 0.29) is 31.0 Å². The number of amides is 1. The van der Waals surface area contributed by atoms with Crippen LogP contribution in [0.4, 0.5) is 0 Å². The maximum Gasteiger partial charge on any atom is 0.258 e. The quantitative estimate of drug-likeness (QED) is 0.807. The summed E-state index contributed by atoms with van der Waals surface area (Å²) in [6, 6.07) is 5.48. The molecule has 1 aromatic rings. The zero-order valence-corrected chi connectivity index (χ0v) is 13.4. The van der Waals surface area contributed by atoms with Gasteiger partial charge in [-0.1, -0.05) is 18.2 Å². The number of hydrogen-bond acceptors (Lipinski definition) is 4. The fraction of sp³-hybridized carbons (Fsp3) is 0.400. The van der Waals surface area contributed by atoms with Crippen molar-refractivity contribution in [1.29, 1.82) is 0 Å². The predicted molar refractivity (Wildman–Crippen MR) is 87.1 cm³/mol. The summed E-state index contributed by atoms with van der Waals surface area (Å²) in [5.74, 6) is 0.930. The standard InChI is InChI=1S/C15H22N2O3.ClH/c1-4-5-12-6-7-13(14(8-12)19-3)20-10-15(18)17-11(2)9-16;/h4-8,11H,9-10,16H2,1-3H3,(H,17,18);1H/b5-4+;/t11-;/m0./s1. The van der Waals surface area contributed by atoms with E-state index in [1.807, 2.05) is 38.1 Å². The minimum atomic E-state index is -0.206. The van der Waals surface area contributed by atoms with Gasteiger partial charge < -0.3 is 20.5 Å². The van der Waals surface area contributed by atoms with Crippen molar-refractivity contribution in [1.82, 2.24) is 5.32 Å². The van der Waals surface area contributed by atoms with Gasteiger partial charge in [-0.3, -0.25) is 4.79 Å². The molecule has 0 aliphatic rings. The predicted octanol–water partition coefficient (Wildman–Crippen LogP) is 1.99. The second kappa shape index (κ2) is 10.1. The van der Waals surface area contributed by atoms with E-state index >= 15 is 0 Å². The molecule has 0 heterocycles. The number of ether oxygens (including phenoxy) is 2. The third-order valence-electron chi connectivity index (χ3n) is 2.67. The number of hydrogen-bond donors (Lipinski definition) is 2. The van der Waals surface area contributed by atoms with Crippen molar-refractivity contribution in [2.45, 2.75) is 19.9 Å². The van der Waals surface area contributed by atoms with Gasteiger partial charge in [0.2, 0.25) is 0 Å². The van der Waals surface area contributed by atoms with E-state index in [9.17, 15) is 4.79 Å². The summed E-state index contributed by atoms with van der Waals surface area (Å²) in [5.41, 5.74) is 6.45. The minimum Gasteiger partial charge on any atom is -0.493 e. The largest absolute Gasteiger partial charge is 0.493 e. The Morgan fingerprint density at radius 1 is 1.43 bits per heavy atom. The molecule has 0 unspecified atom stereocenters. The van der Waals surface area contributed by atoms with Gasteiger partial charge in [-0.25, -0.2) is 0 Å². The molecule has 0 saturated carbocycles. The molecule has 0 fully saturated rings. The van der Waals surface area contributed by atoms with Crippen molar-refractivity contribution in [3.63, 3.8) is 0 Å². The highest BCUT2D eigenvalue weighted by Crippen LogP contribution is 2.28. The second-order valence-corrected chi connectivity index (χ2v) is 4.40. The first-order chi connectivity index (χ1) is 9.60. The molecule has 0 saturated heterocycles. The van der Waals surface area contributed by atoms with Crippen LogP contribution in [0.25, 0.3) is 6.08 Å². The zero-order valence-electron chi connectivity index (χ0n) is 12.6. The van der Waals surface area contributed by atoms with Crippen LogP contribution in [0.15, 0.2) is 24.3 Å². The van der Waals surface area contributed by atoms with Gasteiger partial charge in [0.25, 0.3) is 5.91 Å². The third-order valence-corrected chi connectivity index (χ3v) is 2.67. The first kappa shape index (κ1) is 19.3. The van der Waals surface area contributed by atoms with Crippen LogP contribution in [0.3, 0.4) is 0 Å². The summed E-state index contributed by atoms with van der Waals surface area (Å²) in [6.07, 6.45) is 3.90. The van der Waals surface area contributed by atoms with E-state index in [0.717, 1.165) is 5.56 Å². The maximum absolute atomic E-state index is 11.6. The Hall–Kier alpha value is -1.72. The first-order valence-corrected chi connectivity index (χ1v) is 6.53. The average Bonchev–Trinajstić information content (AvgIpc) is 2.45. The summed E-state index contributed by atoms with van der Waals surface area (Å²) in [4.78, 5) is 11.6. The Bertz CT molecular complexity index is 478. The lowest BCUT2D eigenvalue weighted by molar-refractivity contribution is -0.123. The molecule has 0 aromatic heterocycles. The van der Waals surface area contributed by atoms with Gasteiger partial charge in [-0.15, -0.1) is 12.4 Å². The number of carbonyl (C=O) groups is 1. The molecule has 1 aromatic carbocycles. The van der Waals surface area contributed by atoms with Crippen LogP contribution in [0.5, 0.6) is 11.5 Å². The van der Waals surface area contributed by atoms with E-state index in [1.54, 1.807) is 13.2 Å². The number of allylic oxidation sites excluding steroid dienone is 1. The molecule has 118 valence electrons. The van der Waals surface area contributed by atoms with Crippen LogP contribution in [-0.4, -0.2) is 32.2 Å². The molecule has 0 spiro atoms. The molecule has 0 aliphatic carbocycles. The second-order valence-electron chi connectivity index (χ2n) is 4.40. The van der Waals surface area contributed by atoms with E-state index < -0.39 is 0 Å². The van der Waals surface area contributed by atoms with Crippen molar-refractivity contribution in [3.8, 4) is 11.5 Å². The van der Waals surface area contributed by atoms with Crippen molar-refractivity contribution >= 4 is 24.4 Å². The fourth-order valence-electron chi connectivity index (χ4n) is 1.62. The van der Waals surface area contributed by atoms with Crippen LogP contribution < -0.4 is 20.5 Å². The van der Waals surface area contributed by atoms with Crippen molar-refractivity contribution in [2.24, 2.45) is 5.73 Å². The van der Waals surface area contributed by atoms with Gasteiger partial charge in [0.15, 0.2) is 18.1 Å². The Morgan fingerprint density at radius 2 is 2.14 bits per heavy atom. The Labute approximate surface area is 131 Å². The first-order valence-electron chi connectivity index (χ1n) is 6.53. The molecular formula is C15H23ClN2O3. The highest BCUT2D eigenvalue weighted by atomic mass is 35.5. The van der Waals surface area contributed by atoms with Gasteiger partial charge >= 0.3 is 0 Å². The summed E-state index contributed by atoms with van der Waals surface area (Å²) >= 11 is 0. The summed E-state index contributed by atoms with van der Waals surface area (Å²) in [5, 5.41) is 2.73. The third kappa shape index (κ3) is 6.51. The molecule has 1 amide bonds. The lowest BCUT2D eigenvalue weighted by Crippen LogP contribution is -2.40. The smallest absolute Gasteiger partial charge is 0.258 e. The van der Waals surface area contributed by atoms with Crippen LogP contribution in [0.2, 0.25) is 0 Å².